The summed E-state index contributed by atoms with van der Waals surface area (Å²) >= 11 is 0. The van der Waals surface area contributed by atoms with Crippen LogP contribution in [0.4, 0.5) is 10.2 Å². The zero-order valence-corrected chi connectivity index (χ0v) is 20.3. The van der Waals surface area contributed by atoms with Gasteiger partial charge in [0.15, 0.2) is 17.3 Å². The first kappa shape index (κ1) is 24.4. The Labute approximate surface area is 204 Å². The largest absolute Gasteiger partial charge is 0.490 e. The number of aromatic nitrogens is 2. The second kappa shape index (κ2) is 11.1. The molecule has 0 radical (unpaired) electrons. The van der Waals surface area contributed by atoms with Crippen molar-refractivity contribution in [2.75, 3.05) is 37.8 Å². The summed E-state index contributed by atoms with van der Waals surface area (Å²) in [6.07, 6.45) is 0.790. The summed E-state index contributed by atoms with van der Waals surface area (Å²) < 4.78 is 30.4. The molecule has 1 aliphatic heterocycles. The van der Waals surface area contributed by atoms with Crippen molar-refractivity contribution in [3.05, 3.63) is 53.8 Å². The molecule has 1 fully saturated rings. The van der Waals surface area contributed by atoms with Gasteiger partial charge in [-0.1, -0.05) is 0 Å². The third-order valence-electron chi connectivity index (χ3n) is 5.74. The molecule has 0 bridgehead atoms. The first-order chi connectivity index (χ1) is 17.0. The standard InChI is InChI=1S/C26H31FN4O4/c1-4-33-22-13-18(14-23(34-5-2)25(22)35-6-3)26(32)28-20-11-12-31(16-20)24-15-21(29-30-24)17-7-9-19(27)10-8-17/h7-10,13-15,20H,4-6,11-12,16H2,1-3H3,(H,28,32)(H,29,30). The first-order valence-electron chi connectivity index (χ1n) is 12.0. The molecule has 1 aromatic heterocycles. The average molecular weight is 483 g/mol. The fraction of sp³-hybridized carbons (Fsp3) is 0.385. The van der Waals surface area contributed by atoms with Crippen LogP contribution < -0.4 is 24.4 Å². The van der Waals surface area contributed by atoms with Gasteiger partial charge in [0.1, 0.15) is 5.82 Å². The molecule has 8 nitrogen and oxygen atoms in total. The molecule has 1 atom stereocenters. The Hall–Kier alpha value is -3.75. The van der Waals surface area contributed by atoms with Gasteiger partial charge in [-0.2, -0.15) is 5.10 Å². The second-order valence-electron chi connectivity index (χ2n) is 8.15. The van der Waals surface area contributed by atoms with Crippen LogP contribution in [0.5, 0.6) is 17.2 Å². The zero-order chi connectivity index (χ0) is 24.8. The SMILES string of the molecule is CCOc1cc(C(=O)NC2CCN(c3cc(-c4ccc(F)cc4)[nH]n3)C2)cc(OCC)c1OCC. The summed E-state index contributed by atoms with van der Waals surface area (Å²) in [7, 11) is 0. The number of benzene rings is 2. The number of ether oxygens (including phenoxy) is 3. The number of nitrogens with one attached hydrogen (secondary N) is 2. The number of hydrogen-bond donors (Lipinski definition) is 2. The van der Waals surface area contributed by atoms with Gasteiger partial charge in [-0.25, -0.2) is 4.39 Å². The highest BCUT2D eigenvalue weighted by molar-refractivity contribution is 5.96. The maximum absolute atomic E-state index is 13.2. The maximum atomic E-state index is 13.2. The Balaban J connectivity index is 1.44. The van der Waals surface area contributed by atoms with Gasteiger partial charge in [0.25, 0.3) is 5.91 Å². The Kier molecular flexibility index (Phi) is 7.74. The van der Waals surface area contributed by atoms with Gasteiger partial charge in [-0.3, -0.25) is 9.89 Å². The zero-order valence-electron chi connectivity index (χ0n) is 20.3. The van der Waals surface area contributed by atoms with Gasteiger partial charge in [-0.15, -0.1) is 0 Å². The van der Waals surface area contributed by atoms with Gasteiger partial charge in [0.2, 0.25) is 5.75 Å². The van der Waals surface area contributed by atoms with Gasteiger partial charge >= 0.3 is 0 Å². The topological polar surface area (TPSA) is 88.7 Å². The Morgan fingerprint density at radius 1 is 1.06 bits per heavy atom. The lowest BCUT2D eigenvalue weighted by atomic mass is 10.1. The summed E-state index contributed by atoms with van der Waals surface area (Å²) in [6.45, 7) is 8.39. The molecule has 2 heterocycles. The minimum Gasteiger partial charge on any atom is -0.490 e. The number of carbonyl (C=O) groups is 1. The summed E-state index contributed by atoms with van der Waals surface area (Å²) in [4.78, 5) is 15.2. The van der Waals surface area contributed by atoms with E-state index in [1.165, 1.54) is 12.1 Å². The molecule has 0 saturated carbocycles. The quantitative estimate of drug-likeness (QED) is 0.445. The summed E-state index contributed by atoms with van der Waals surface area (Å²) in [5.74, 6) is 1.80. The minimum atomic E-state index is -0.277. The van der Waals surface area contributed by atoms with Crippen LogP contribution in [0.1, 0.15) is 37.6 Å². The number of halogens is 1. The lowest BCUT2D eigenvalue weighted by Crippen LogP contribution is -2.37. The van der Waals surface area contributed by atoms with Crippen molar-refractivity contribution in [2.24, 2.45) is 0 Å². The van der Waals surface area contributed by atoms with E-state index in [1.807, 2.05) is 26.8 Å². The van der Waals surface area contributed by atoms with Gasteiger partial charge < -0.3 is 24.4 Å². The highest BCUT2D eigenvalue weighted by Gasteiger charge is 2.27. The first-order valence-corrected chi connectivity index (χ1v) is 12.0. The molecule has 35 heavy (non-hydrogen) atoms. The van der Waals surface area contributed by atoms with Crippen LogP contribution in [-0.2, 0) is 0 Å². The normalized spacial score (nSPS) is 15.2. The Bertz CT molecular complexity index is 1120. The highest BCUT2D eigenvalue weighted by Crippen LogP contribution is 2.39. The molecule has 9 heteroatoms. The van der Waals surface area contributed by atoms with Crippen LogP contribution >= 0.6 is 0 Å². The number of nitrogens with zero attached hydrogens (tertiary/aromatic N) is 2. The van der Waals surface area contributed by atoms with E-state index in [-0.39, 0.29) is 17.8 Å². The predicted molar refractivity (Wildman–Crippen MR) is 132 cm³/mol. The smallest absolute Gasteiger partial charge is 0.251 e. The van der Waals surface area contributed by atoms with E-state index in [0.717, 1.165) is 30.0 Å². The number of anilines is 1. The lowest BCUT2D eigenvalue weighted by molar-refractivity contribution is 0.0939. The molecule has 2 aromatic carbocycles. The van der Waals surface area contributed by atoms with Crippen LogP contribution in [0.2, 0.25) is 0 Å². The molecule has 1 saturated heterocycles. The third kappa shape index (κ3) is 5.67. The van der Waals surface area contributed by atoms with Crippen molar-refractivity contribution in [3.63, 3.8) is 0 Å². The van der Waals surface area contributed by atoms with Crippen molar-refractivity contribution >= 4 is 11.7 Å². The van der Waals surface area contributed by atoms with Crippen LogP contribution in [-0.4, -0.2) is 55.1 Å². The molecule has 3 aromatic rings. The summed E-state index contributed by atoms with van der Waals surface area (Å²) in [6, 6.07) is 11.6. The lowest BCUT2D eigenvalue weighted by Gasteiger charge is -2.18. The molecule has 1 aliphatic rings. The van der Waals surface area contributed by atoms with Gasteiger partial charge in [-0.05, 0) is 69.2 Å². The molecular formula is C26H31FN4O4. The molecular weight excluding hydrogens is 451 g/mol. The number of H-pyrrole nitrogens is 1. The number of amides is 1. The summed E-state index contributed by atoms with van der Waals surface area (Å²) in [5.41, 5.74) is 2.13. The van der Waals surface area contributed by atoms with E-state index < -0.39 is 0 Å². The average Bonchev–Trinajstić information content (AvgIpc) is 3.52. The number of rotatable bonds is 10. The third-order valence-corrected chi connectivity index (χ3v) is 5.74. The number of hydrogen-bond acceptors (Lipinski definition) is 6. The molecule has 1 unspecified atom stereocenters. The molecule has 0 aliphatic carbocycles. The molecule has 186 valence electrons. The molecule has 4 rings (SSSR count). The van der Waals surface area contributed by atoms with E-state index in [2.05, 4.69) is 20.4 Å². The van der Waals surface area contributed by atoms with Gasteiger partial charge in [0, 0.05) is 30.8 Å². The van der Waals surface area contributed by atoms with Crippen molar-refractivity contribution in [1.29, 1.82) is 0 Å². The predicted octanol–water partition coefficient (Wildman–Crippen LogP) is 4.42. The van der Waals surface area contributed by atoms with Crippen LogP contribution in [0, 0.1) is 5.82 Å². The van der Waals surface area contributed by atoms with E-state index >= 15 is 0 Å². The molecule has 1 amide bonds. The highest BCUT2D eigenvalue weighted by atomic mass is 19.1. The van der Waals surface area contributed by atoms with Gasteiger partial charge in [0.05, 0.1) is 25.5 Å². The summed E-state index contributed by atoms with van der Waals surface area (Å²) in [5, 5.41) is 10.5. The van der Waals surface area contributed by atoms with Crippen molar-refractivity contribution in [2.45, 2.75) is 33.2 Å². The second-order valence-corrected chi connectivity index (χ2v) is 8.15. The fourth-order valence-electron chi connectivity index (χ4n) is 4.13. The Morgan fingerprint density at radius 2 is 1.71 bits per heavy atom. The van der Waals surface area contributed by atoms with E-state index in [0.29, 0.717) is 49.2 Å². The van der Waals surface area contributed by atoms with Crippen molar-refractivity contribution < 1.29 is 23.4 Å². The molecule has 0 spiro atoms. The Morgan fingerprint density at radius 3 is 2.34 bits per heavy atom. The van der Waals surface area contributed by atoms with Crippen LogP contribution in [0.25, 0.3) is 11.3 Å². The van der Waals surface area contributed by atoms with Crippen molar-refractivity contribution in [1.82, 2.24) is 15.5 Å². The fourth-order valence-corrected chi connectivity index (χ4v) is 4.13. The van der Waals surface area contributed by atoms with E-state index in [4.69, 9.17) is 14.2 Å². The molecule has 2 N–H and O–H groups in total. The van der Waals surface area contributed by atoms with Crippen LogP contribution in [0.15, 0.2) is 42.5 Å². The number of aromatic amines is 1. The van der Waals surface area contributed by atoms with Crippen molar-refractivity contribution in [3.8, 4) is 28.5 Å². The van der Waals surface area contributed by atoms with Crippen LogP contribution in [0.3, 0.4) is 0 Å². The monoisotopic (exact) mass is 482 g/mol. The maximum Gasteiger partial charge on any atom is 0.251 e. The van der Waals surface area contributed by atoms with E-state index in [1.54, 1.807) is 24.3 Å². The minimum absolute atomic E-state index is 0.0360. The van der Waals surface area contributed by atoms with E-state index in [9.17, 15) is 9.18 Å². The number of carbonyl (C=O) groups excluding carboxylic acids is 1.